The summed E-state index contributed by atoms with van der Waals surface area (Å²) in [7, 11) is 0. The van der Waals surface area contributed by atoms with Crippen molar-refractivity contribution in [3.05, 3.63) is 75.1 Å². The van der Waals surface area contributed by atoms with Gasteiger partial charge in [-0.25, -0.2) is 4.68 Å². The van der Waals surface area contributed by atoms with E-state index in [2.05, 4.69) is 27.4 Å². The smallest absolute Gasteiger partial charge is 0.276 e. The van der Waals surface area contributed by atoms with Crippen LogP contribution in [0.4, 0.5) is 0 Å². The van der Waals surface area contributed by atoms with Crippen LogP contribution in [-0.2, 0) is 13.1 Å². The van der Waals surface area contributed by atoms with Crippen LogP contribution in [0, 0.1) is 0 Å². The average molecular weight is 415 g/mol. The largest absolute Gasteiger partial charge is 0.278 e. The maximum Gasteiger partial charge on any atom is 0.278 e. The first-order chi connectivity index (χ1) is 15.2. The molecule has 31 heavy (non-hydrogen) atoms. The molecule has 5 rings (SSSR count). The highest BCUT2D eigenvalue weighted by Gasteiger charge is 2.17. The molecule has 0 aliphatic heterocycles. The fourth-order valence-corrected chi connectivity index (χ4v) is 3.90. The average Bonchev–Trinajstić information content (AvgIpc) is 3.22. The fraction of sp³-hybridized carbons (Fsp3) is 0.273. The third-order valence-corrected chi connectivity index (χ3v) is 5.48. The van der Waals surface area contributed by atoms with Crippen LogP contribution in [0.25, 0.3) is 27.6 Å². The summed E-state index contributed by atoms with van der Waals surface area (Å²) in [5.41, 5.74) is 0.921. The first kappa shape index (κ1) is 19.1. The van der Waals surface area contributed by atoms with E-state index < -0.39 is 0 Å². The molecule has 5 aromatic rings. The van der Waals surface area contributed by atoms with Crippen LogP contribution in [-0.4, -0.2) is 34.2 Å². The van der Waals surface area contributed by atoms with Crippen LogP contribution in [0.15, 0.2) is 58.1 Å². The zero-order chi connectivity index (χ0) is 21.4. The molecule has 0 amide bonds. The van der Waals surface area contributed by atoms with E-state index in [1.807, 2.05) is 28.7 Å². The van der Waals surface area contributed by atoms with Crippen molar-refractivity contribution < 1.29 is 0 Å². The molecule has 0 spiro atoms. The van der Waals surface area contributed by atoms with Gasteiger partial charge >= 0.3 is 0 Å². The standard InChI is InChI=1S/C22H21N7O2/c1-2-3-8-13-27-20(30)16-10-5-7-12-18(16)29-19(24-25-22(27)29)14-28-21(31)15-9-4-6-11-17(15)23-26-28/h4-7,9-12H,2-3,8,13-14H2,1H3. The van der Waals surface area contributed by atoms with Crippen molar-refractivity contribution in [3.8, 4) is 0 Å². The Morgan fingerprint density at radius 2 is 1.61 bits per heavy atom. The Bertz CT molecular complexity index is 1530. The fourth-order valence-electron chi connectivity index (χ4n) is 3.90. The molecule has 0 aliphatic rings. The predicted molar refractivity (Wildman–Crippen MR) is 117 cm³/mol. The number of rotatable bonds is 6. The SMILES string of the molecule is CCCCCn1c(=O)c2ccccc2n2c(Cn3nnc4ccccc4c3=O)nnc12. The highest BCUT2D eigenvalue weighted by atomic mass is 16.1. The molecule has 0 aliphatic carbocycles. The number of aryl methyl sites for hydroxylation is 1. The van der Waals surface area contributed by atoms with E-state index in [0.717, 1.165) is 19.3 Å². The van der Waals surface area contributed by atoms with Crippen LogP contribution in [0.2, 0.25) is 0 Å². The molecule has 3 heterocycles. The minimum absolute atomic E-state index is 0.0826. The molecular formula is C22H21N7O2. The molecule has 0 saturated heterocycles. The van der Waals surface area contributed by atoms with Gasteiger partial charge in [0.15, 0.2) is 5.82 Å². The molecule has 9 heteroatoms. The van der Waals surface area contributed by atoms with Crippen LogP contribution < -0.4 is 11.1 Å². The van der Waals surface area contributed by atoms with Crippen molar-refractivity contribution in [3.63, 3.8) is 0 Å². The molecule has 0 saturated carbocycles. The number of aromatic nitrogens is 7. The highest BCUT2D eigenvalue weighted by molar-refractivity contribution is 5.80. The molecule has 0 atom stereocenters. The van der Waals surface area contributed by atoms with Gasteiger partial charge in [-0.05, 0) is 30.7 Å². The van der Waals surface area contributed by atoms with Gasteiger partial charge in [-0.15, -0.1) is 15.3 Å². The Morgan fingerprint density at radius 1 is 0.839 bits per heavy atom. The molecule has 156 valence electrons. The molecule has 0 N–H and O–H groups in total. The first-order valence-electron chi connectivity index (χ1n) is 10.4. The zero-order valence-electron chi connectivity index (χ0n) is 17.1. The van der Waals surface area contributed by atoms with Gasteiger partial charge in [0.05, 0.1) is 16.3 Å². The third kappa shape index (κ3) is 3.18. The molecule has 0 radical (unpaired) electrons. The van der Waals surface area contributed by atoms with Gasteiger partial charge < -0.3 is 0 Å². The monoisotopic (exact) mass is 415 g/mol. The first-order valence-corrected chi connectivity index (χ1v) is 10.4. The van der Waals surface area contributed by atoms with Gasteiger partial charge in [-0.2, -0.15) is 0 Å². The van der Waals surface area contributed by atoms with E-state index in [-0.39, 0.29) is 17.7 Å². The van der Waals surface area contributed by atoms with Crippen molar-refractivity contribution in [2.45, 2.75) is 39.3 Å². The molecule has 0 fully saturated rings. The number of hydrogen-bond donors (Lipinski definition) is 0. The van der Waals surface area contributed by atoms with Crippen molar-refractivity contribution in [2.24, 2.45) is 0 Å². The lowest BCUT2D eigenvalue weighted by atomic mass is 10.2. The minimum Gasteiger partial charge on any atom is -0.276 e. The maximum atomic E-state index is 13.1. The summed E-state index contributed by atoms with van der Waals surface area (Å²) in [5.74, 6) is 0.985. The van der Waals surface area contributed by atoms with E-state index in [4.69, 9.17) is 0 Å². The summed E-state index contributed by atoms with van der Waals surface area (Å²) in [6, 6.07) is 14.5. The Balaban J connectivity index is 1.69. The Labute approximate surface area is 176 Å². The molecule has 9 nitrogen and oxygen atoms in total. The third-order valence-electron chi connectivity index (χ3n) is 5.48. The quantitative estimate of drug-likeness (QED) is 0.395. The van der Waals surface area contributed by atoms with Gasteiger partial charge in [0.25, 0.3) is 11.1 Å². The second-order valence-corrected chi connectivity index (χ2v) is 7.50. The summed E-state index contributed by atoms with van der Waals surface area (Å²) < 4.78 is 4.79. The molecule has 0 unspecified atom stereocenters. The summed E-state index contributed by atoms with van der Waals surface area (Å²) in [6.07, 6.45) is 2.96. The number of benzene rings is 2. The molecule has 0 bridgehead atoms. The summed E-state index contributed by atoms with van der Waals surface area (Å²) in [6.45, 7) is 2.78. The van der Waals surface area contributed by atoms with Crippen LogP contribution in [0.1, 0.15) is 32.0 Å². The van der Waals surface area contributed by atoms with Crippen LogP contribution in [0.5, 0.6) is 0 Å². The second-order valence-electron chi connectivity index (χ2n) is 7.50. The van der Waals surface area contributed by atoms with E-state index in [1.165, 1.54) is 4.68 Å². The number of nitrogens with zero attached hydrogens (tertiary/aromatic N) is 7. The van der Waals surface area contributed by atoms with Crippen LogP contribution in [0.3, 0.4) is 0 Å². The van der Waals surface area contributed by atoms with E-state index in [9.17, 15) is 9.59 Å². The van der Waals surface area contributed by atoms with Gasteiger partial charge in [0.2, 0.25) is 5.78 Å². The van der Waals surface area contributed by atoms with Crippen molar-refractivity contribution >= 4 is 27.6 Å². The van der Waals surface area contributed by atoms with E-state index >= 15 is 0 Å². The Kier molecular flexibility index (Phi) is 4.78. The topological polar surface area (TPSA) is 100.0 Å². The summed E-state index contributed by atoms with van der Waals surface area (Å²) in [5, 5.41) is 17.9. The Morgan fingerprint density at radius 3 is 2.45 bits per heavy atom. The number of unbranched alkanes of at least 4 members (excludes halogenated alkanes) is 2. The zero-order valence-corrected chi connectivity index (χ0v) is 17.1. The number of para-hydroxylation sites is 1. The second kappa shape index (κ2) is 7.75. The number of fused-ring (bicyclic) bond motifs is 4. The molecule has 3 aromatic heterocycles. The van der Waals surface area contributed by atoms with Crippen molar-refractivity contribution in [1.29, 1.82) is 0 Å². The summed E-state index contributed by atoms with van der Waals surface area (Å²) in [4.78, 5) is 26.0. The lowest BCUT2D eigenvalue weighted by molar-refractivity contribution is 0.576. The molecular weight excluding hydrogens is 394 g/mol. The van der Waals surface area contributed by atoms with Gasteiger partial charge in [0, 0.05) is 6.54 Å². The Hall–Kier alpha value is -3.88. The number of hydrogen-bond acceptors (Lipinski definition) is 6. The van der Waals surface area contributed by atoms with Gasteiger partial charge in [-0.1, -0.05) is 49.2 Å². The van der Waals surface area contributed by atoms with E-state index in [1.54, 1.807) is 28.8 Å². The van der Waals surface area contributed by atoms with Gasteiger partial charge in [-0.3, -0.25) is 18.6 Å². The lowest BCUT2D eigenvalue weighted by Gasteiger charge is -2.11. The van der Waals surface area contributed by atoms with E-state index in [0.29, 0.717) is 40.0 Å². The summed E-state index contributed by atoms with van der Waals surface area (Å²) >= 11 is 0. The minimum atomic E-state index is -0.247. The van der Waals surface area contributed by atoms with Crippen molar-refractivity contribution in [2.75, 3.05) is 0 Å². The highest BCUT2D eigenvalue weighted by Crippen LogP contribution is 2.16. The predicted octanol–water partition coefficient (Wildman–Crippen LogP) is 2.39. The lowest BCUT2D eigenvalue weighted by Crippen LogP contribution is -2.27. The van der Waals surface area contributed by atoms with Gasteiger partial charge in [0.1, 0.15) is 12.1 Å². The van der Waals surface area contributed by atoms with Crippen LogP contribution >= 0.6 is 0 Å². The maximum absolute atomic E-state index is 13.1. The van der Waals surface area contributed by atoms with Crippen molar-refractivity contribution in [1.82, 2.24) is 34.2 Å². The normalized spacial score (nSPS) is 11.6. The molecule has 2 aromatic carbocycles.